The van der Waals surface area contributed by atoms with Crippen molar-refractivity contribution in [1.29, 1.82) is 0 Å². The van der Waals surface area contributed by atoms with E-state index >= 15 is 0 Å². The van der Waals surface area contributed by atoms with Gasteiger partial charge in [0, 0.05) is 31.0 Å². The molecule has 1 atom stereocenters. The molecule has 0 radical (unpaired) electrons. The molecule has 19 heavy (non-hydrogen) atoms. The summed E-state index contributed by atoms with van der Waals surface area (Å²) in [5.41, 5.74) is 2.06. The number of hydrogen-bond acceptors (Lipinski definition) is 2. The number of aromatic nitrogens is 2. The lowest BCUT2D eigenvalue weighted by Gasteiger charge is -2.26. The lowest BCUT2D eigenvalue weighted by Crippen LogP contribution is -2.34. The number of halogens is 1. The second-order valence-electron chi connectivity index (χ2n) is 5.85. The van der Waals surface area contributed by atoms with Gasteiger partial charge in [-0.2, -0.15) is 5.10 Å². The normalized spacial score (nSPS) is 18.3. The molecule has 0 spiro atoms. The summed E-state index contributed by atoms with van der Waals surface area (Å²) in [6, 6.07) is 0.715. The van der Waals surface area contributed by atoms with Gasteiger partial charge in [0.1, 0.15) is 0 Å². The molecule has 1 heterocycles. The van der Waals surface area contributed by atoms with E-state index in [0.717, 1.165) is 35.9 Å². The first-order chi connectivity index (χ1) is 8.99. The number of nitrogens with one attached hydrogen (secondary N) is 1. The molecule has 3 nitrogen and oxygen atoms in total. The van der Waals surface area contributed by atoms with Crippen LogP contribution in [0, 0.1) is 12.3 Å². The van der Waals surface area contributed by atoms with Crippen molar-refractivity contribution in [3.63, 3.8) is 0 Å². The van der Waals surface area contributed by atoms with Crippen molar-refractivity contribution in [3.8, 4) is 0 Å². The minimum absolute atomic E-state index is 0.0195. The zero-order valence-electron chi connectivity index (χ0n) is 12.2. The van der Waals surface area contributed by atoms with Gasteiger partial charge >= 0.3 is 0 Å². The van der Waals surface area contributed by atoms with Crippen molar-refractivity contribution >= 4 is 11.6 Å². The molecular formula is C15H24ClN3. The molecule has 1 aromatic rings. The molecule has 1 unspecified atom stereocenters. The first-order valence-corrected chi connectivity index (χ1v) is 7.45. The summed E-state index contributed by atoms with van der Waals surface area (Å²) in [5, 5.41) is 8.88. The molecule has 1 N–H and O–H groups in total. The highest BCUT2D eigenvalue weighted by atomic mass is 35.5. The Kier molecular flexibility index (Phi) is 4.36. The maximum absolute atomic E-state index is 6.39. The van der Waals surface area contributed by atoms with E-state index in [-0.39, 0.29) is 5.41 Å². The SMILES string of the molecule is C=CC(C)(CNC1CC1)Cc1c(Cl)c(C)nn1CC. The van der Waals surface area contributed by atoms with E-state index in [1.54, 1.807) is 0 Å². The summed E-state index contributed by atoms with van der Waals surface area (Å²) in [7, 11) is 0. The van der Waals surface area contributed by atoms with Crippen LogP contribution in [0.5, 0.6) is 0 Å². The van der Waals surface area contributed by atoms with Crippen LogP contribution in [0.2, 0.25) is 5.02 Å². The molecule has 0 aliphatic heterocycles. The van der Waals surface area contributed by atoms with E-state index in [0.29, 0.717) is 6.04 Å². The Morgan fingerprint density at radius 1 is 1.58 bits per heavy atom. The van der Waals surface area contributed by atoms with Gasteiger partial charge < -0.3 is 5.32 Å². The summed E-state index contributed by atoms with van der Waals surface area (Å²) < 4.78 is 2.01. The zero-order chi connectivity index (χ0) is 14.0. The van der Waals surface area contributed by atoms with Crippen LogP contribution in [0.3, 0.4) is 0 Å². The Labute approximate surface area is 121 Å². The lowest BCUT2D eigenvalue weighted by atomic mass is 9.85. The summed E-state index contributed by atoms with van der Waals surface area (Å²) >= 11 is 6.39. The molecule has 4 heteroatoms. The highest BCUT2D eigenvalue weighted by Crippen LogP contribution is 2.30. The molecule has 1 aromatic heterocycles. The van der Waals surface area contributed by atoms with E-state index in [9.17, 15) is 0 Å². The Balaban J connectivity index is 2.13. The third-order valence-corrected chi connectivity index (χ3v) is 4.38. The third-order valence-electron chi connectivity index (χ3n) is 3.89. The van der Waals surface area contributed by atoms with E-state index in [1.165, 1.54) is 12.8 Å². The zero-order valence-corrected chi connectivity index (χ0v) is 12.9. The predicted molar refractivity (Wildman–Crippen MR) is 80.7 cm³/mol. The molecular weight excluding hydrogens is 258 g/mol. The van der Waals surface area contributed by atoms with Crippen molar-refractivity contribution in [2.24, 2.45) is 5.41 Å². The highest BCUT2D eigenvalue weighted by molar-refractivity contribution is 6.31. The fraction of sp³-hybridized carbons (Fsp3) is 0.667. The van der Waals surface area contributed by atoms with Gasteiger partial charge in [0.15, 0.2) is 0 Å². The van der Waals surface area contributed by atoms with Crippen molar-refractivity contribution in [1.82, 2.24) is 15.1 Å². The van der Waals surface area contributed by atoms with Gasteiger partial charge in [0.05, 0.1) is 16.4 Å². The van der Waals surface area contributed by atoms with Gasteiger partial charge in [0.2, 0.25) is 0 Å². The van der Waals surface area contributed by atoms with Crippen LogP contribution in [0.25, 0.3) is 0 Å². The Morgan fingerprint density at radius 2 is 2.26 bits per heavy atom. The Morgan fingerprint density at radius 3 is 2.79 bits per heavy atom. The quantitative estimate of drug-likeness (QED) is 0.777. The van der Waals surface area contributed by atoms with Crippen LogP contribution >= 0.6 is 11.6 Å². The van der Waals surface area contributed by atoms with Gasteiger partial charge in [-0.15, -0.1) is 6.58 Å². The molecule has 0 saturated heterocycles. The fourth-order valence-electron chi connectivity index (χ4n) is 2.29. The minimum atomic E-state index is 0.0195. The molecule has 106 valence electrons. The maximum Gasteiger partial charge on any atom is 0.0847 e. The number of nitrogens with zero attached hydrogens (tertiary/aromatic N) is 2. The van der Waals surface area contributed by atoms with Crippen molar-refractivity contribution in [3.05, 3.63) is 29.1 Å². The summed E-state index contributed by atoms with van der Waals surface area (Å²) in [6.07, 6.45) is 5.53. The summed E-state index contributed by atoms with van der Waals surface area (Å²) in [5.74, 6) is 0. The lowest BCUT2D eigenvalue weighted by molar-refractivity contribution is 0.376. The molecule has 1 fully saturated rings. The Hall–Kier alpha value is -0.800. The molecule has 0 bridgehead atoms. The van der Waals surface area contributed by atoms with Crippen molar-refractivity contribution < 1.29 is 0 Å². The van der Waals surface area contributed by atoms with Gasteiger partial charge in [-0.25, -0.2) is 0 Å². The standard InChI is InChI=1S/C15H24ClN3/c1-5-15(4,10-17-12-7-8-12)9-13-14(16)11(3)18-19(13)6-2/h5,12,17H,1,6-10H2,2-4H3. The molecule has 0 aromatic carbocycles. The first-order valence-electron chi connectivity index (χ1n) is 7.08. The summed E-state index contributed by atoms with van der Waals surface area (Å²) in [6.45, 7) is 12.1. The maximum atomic E-state index is 6.39. The molecule has 2 rings (SSSR count). The van der Waals surface area contributed by atoms with Crippen LogP contribution in [0.1, 0.15) is 38.1 Å². The van der Waals surface area contributed by atoms with E-state index in [1.807, 2.05) is 17.7 Å². The predicted octanol–water partition coefficient (Wildman–Crippen LogP) is 3.35. The molecule has 1 aliphatic rings. The third kappa shape index (κ3) is 3.40. The van der Waals surface area contributed by atoms with Crippen LogP contribution in [-0.4, -0.2) is 22.4 Å². The second-order valence-corrected chi connectivity index (χ2v) is 6.23. The van der Waals surface area contributed by atoms with Gasteiger partial charge in [-0.05, 0) is 26.7 Å². The van der Waals surface area contributed by atoms with Crippen molar-refractivity contribution in [2.45, 2.75) is 52.6 Å². The monoisotopic (exact) mass is 281 g/mol. The smallest absolute Gasteiger partial charge is 0.0847 e. The average molecular weight is 282 g/mol. The van der Waals surface area contributed by atoms with Gasteiger partial charge in [0.25, 0.3) is 0 Å². The fourth-order valence-corrected chi connectivity index (χ4v) is 2.49. The molecule has 1 aliphatic carbocycles. The van der Waals surface area contributed by atoms with E-state index < -0.39 is 0 Å². The second kappa shape index (κ2) is 5.68. The first kappa shape index (κ1) is 14.6. The Bertz CT molecular complexity index is 462. The molecule has 0 amide bonds. The van der Waals surface area contributed by atoms with Crippen LogP contribution < -0.4 is 5.32 Å². The van der Waals surface area contributed by atoms with Crippen LogP contribution in [0.4, 0.5) is 0 Å². The van der Waals surface area contributed by atoms with E-state index in [2.05, 4.69) is 30.8 Å². The van der Waals surface area contributed by atoms with Gasteiger partial charge in [-0.1, -0.05) is 24.6 Å². The number of rotatable bonds is 7. The van der Waals surface area contributed by atoms with Crippen LogP contribution in [0.15, 0.2) is 12.7 Å². The van der Waals surface area contributed by atoms with Gasteiger partial charge in [-0.3, -0.25) is 4.68 Å². The largest absolute Gasteiger partial charge is 0.313 e. The average Bonchev–Trinajstić information content (AvgIpc) is 3.19. The minimum Gasteiger partial charge on any atom is -0.313 e. The van der Waals surface area contributed by atoms with E-state index in [4.69, 9.17) is 11.6 Å². The van der Waals surface area contributed by atoms with Crippen LogP contribution in [-0.2, 0) is 13.0 Å². The number of hydrogen-bond donors (Lipinski definition) is 1. The topological polar surface area (TPSA) is 29.9 Å². The molecule has 1 saturated carbocycles. The summed E-state index contributed by atoms with van der Waals surface area (Å²) in [4.78, 5) is 0. The van der Waals surface area contributed by atoms with Crippen molar-refractivity contribution in [2.75, 3.05) is 6.54 Å². The highest BCUT2D eigenvalue weighted by Gasteiger charge is 2.29. The number of aryl methyl sites for hydroxylation is 2.